The van der Waals surface area contributed by atoms with Crippen LogP contribution in [0.15, 0.2) is 28.5 Å². The number of thioether (sulfide) groups is 1. The molecule has 4 nitrogen and oxygen atoms in total. The Morgan fingerprint density at radius 2 is 2.24 bits per heavy atom. The molecule has 7 heteroatoms. The standard InChI is InChI=1S/C14H16FN3OS2/c1-3-18(9(2)19)14-17-12(8-21-14)7-20-13-5-10(15)4-11(16)6-13/h4-6,8H,3,7,16H2,1-2H3. The number of carbonyl (C=O) groups excluding carboxylic acids is 1. The van der Waals surface area contributed by atoms with Gasteiger partial charge in [0.2, 0.25) is 5.91 Å². The first-order valence-electron chi connectivity index (χ1n) is 6.41. The van der Waals surface area contributed by atoms with E-state index in [0.717, 1.165) is 10.6 Å². The van der Waals surface area contributed by atoms with Crippen LogP contribution in [0.4, 0.5) is 15.2 Å². The average Bonchev–Trinajstić information content (AvgIpc) is 2.84. The number of halogens is 1. The van der Waals surface area contributed by atoms with E-state index in [0.29, 0.717) is 23.1 Å². The summed E-state index contributed by atoms with van der Waals surface area (Å²) >= 11 is 2.90. The third-order valence-corrected chi connectivity index (χ3v) is 4.67. The molecule has 0 radical (unpaired) electrons. The van der Waals surface area contributed by atoms with Crippen LogP contribution in [0, 0.1) is 5.82 Å². The molecule has 2 aromatic rings. The largest absolute Gasteiger partial charge is 0.399 e. The molecule has 0 unspecified atom stereocenters. The molecule has 0 atom stereocenters. The minimum Gasteiger partial charge on any atom is -0.399 e. The summed E-state index contributed by atoms with van der Waals surface area (Å²) in [4.78, 5) is 18.3. The Balaban J connectivity index is 2.04. The smallest absolute Gasteiger partial charge is 0.225 e. The van der Waals surface area contributed by atoms with Crippen LogP contribution in [-0.4, -0.2) is 17.4 Å². The Bertz CT molecular complexity index is 625. The number of anilines is 2. The summed E-state index contributed by atoms with van der Waals surface area (Å²) in [5.41, 5.74) is 6.88. The number of benzene rings is 1. The normalized spacial score (nSPS) is 10.6. The van der Waals surface area contributed by atoms with Crippen LogP contribution in [0.25, 0.3) is 0 Å². The molecule has 0 bridgehead atoms. The third-order valence-electron chi connectivity index (χ3n) is 2.75. The van der Waals surface area contributed by atoms with Crippen LogP contribution in [0.5, 0.6) is 0 Å². The minimum absolute atomic E-state index is 0.0241. The van der Waals surface area contributed by atoms with Gasteiger partial charge in [0, 0.05) is 35.2 Å². The highest BCUT2D eigenvalue weighted by Crippen LogP contribution is 2.28. The second-order valence-corrected chi connectivity index (χ2v) is 6.28. The highest BCUT2D eigenvalue weighted by atomic mass is 32.2. The number of carbonyl (C=O) groups is 1. The second kappa shape index (κ2) is 6.91. The van der Waals surface area contributed by atoms with E-state index in [9.17, 15) is 9.18 Å². The molecule has 2 N–H and O–H groups in total. The second-order valence-electron chi connectivity index (χ2n) is 4.39. The molecule has 21 heavy (non-hydrogen) atoms. The number of nitrogen functional groups attached to an aromatic ring is 1. The topological polar surface area (TPSA) is 59.2 Å². The summed E-state index contributed by atoms with van der Waals surface area (Å²) in [5, 5.41) is 2.61. The number of aromatic nitrogens is 1. The van der Waals surface area contributed by atoms with Crippen LogP contribution in [0.3, 0.4) is 0 Å². The number of nitrogens with two attached hydrogens (primary N) is 1. The molecule has 112 valence electrons. The van der Waals surface area contributed by atoms with Crippen molar-refractivity contribution in [3.05, 3.63) is 35.1 Å². The molecule has 0 saturated carbocycles. The van der Waals surface area contributed by atoms with E-state index in [-0.39, 0.29) is 11.7 Å². The molecule has 0 aliphatic rings. The van der Waals surface area contributed by atoms with Gasteiger partial charge in [0.25, 0.3) is 0 Å². The first-order valence-corrected chi connectivity index (χ1v) is 8.27. The number of nitrogens with zero attached hydrogens (tertiary/aromatic N) is 2. The third kappa shape index (κ3) is 4.18. The van der Waals surface area contributed by atoms with Crippen molar-refractivity contribution in [1.29, 1.82) is 0 Å². The summed E-state index contributed by atoms with van der Waals surface area (Å²) in [5.74, 6) is 0.239. The summed E-state index contributed by atoms with van der Waals surface area (Å²) < 4.78 is 13.2. The quantitative estimate of drug-likeness (QED) is 0.675. The SMILES string of the molecule is CCN(C(C)=O)c1nc(CSc2cc(N)cc(F)c2)cs1. The molecule has 0 aliphatic heterocycles. The Morgan fingerprint density at radius 3 is 2.86 bits per heavy atom. The van der Waals surface area contributed by atoms with Gasteiger partial charge in [-0.25, -0.2) is 9.37 Å². The van der Waals surface area contributed by atoms with Crippen LogP contribution in [0.1, 0.15) is 19.5 Å². The fraction of sp³-hybridized carbons (Fsp3) is 0.286. The van der Waals surface area contributed by atoms with Gasteiger partial charge in [-0.15, -0.1) is 23.1 Å². The lowest BCUT2D eigenvalue weighted by atomic mass is 10.3. The van der Waals surface area contributed by atoms with Crippen molar-refractivity contribution >= 4 is 39.8 Å². The lowest BCUT2D eigenvalue weighted by Crippen LogP contribution is -2.27. The molecule has 0 saturated heterocycles. The van der Waals surface area contributed by atoms with Gasteiger partial charge < -0.3 is 5.73 Å². The Kier molecular flexibility index (Phi) is 5.19. The first-order chi connectivity index (χ1) is 9.99. The van der Waals surface area contributed by atoms with Crippen molar-refractivity contribution in [2.24, 2.45) is 0 Å². The molecule has 1 aromatic heterocycles. The van der Waals surface area contributed by atoms with Gasteiger partial charge in [0.1, 0.15) is 5.82 Å². The minimum atomic E-state index is -0.342. The van der Waals surface area contributed by atoms with Crippen molar-refractivity contribution in [2.45, 2.75) is 24.5 Å². The fourth-order valence-corrected chi connectivity index (χ4v) is 3.72. The number of hydrogen-bond donors (Lipinski definition) is 1. The molecule has 1 amide bonds. The van der Waals surface area contributed by atoms with E-state index in [1.54, 1.807) is 11.0 Å². The zero-order chi connectivity index (χ0) is 15.4. The predicted octanol–water partition coefficient (Wildman–Crippen LogP) is 3.53. The lowest BCUT2D eigenvalue weighted by molar-refractivity contribution is -0.116. The lowest BCUT2D eigenvalue weighted by Gasteiger charge is -2.14. The van der Waals surface area contributed by atoms with E-state index in [2.05, 4.69) is 4.98 Å². The van der Waals surface area contributed by atoms with Crippen molar-refractivity contribution in [1.82, 2.24) is 4.98 Å². The Morgan fingerprint density at radius 1 is 1.48 bits per heavy atom. The molecule has 1 aromatic carbocycles. The summed E-state index contributed by atoms with van der Waals surface area (Å²) in [6.07, 6.45) is 0. The van der Waals surface area contributed by atoms with E-state index in [1.807, 2.05) is 12.3 Å². The van der Waals surface area contributed by atoms with Gasteiger partial charge in [-0.05, 0) is 25.1 Å². The van der Waals surface area contributed by atoms with Crippen molar-refractivity contribution in [3.63, 3.8) is 0 Å². The maximum absolute atomic E-state index is 13.2. The fourth-order valence-electron chi connectivity index (χ4n) is 1.80. The van der Waals surface area contributed by atoms with Crippen molar-refractivity contribution in [3.8, 4) is 0 Å². The predicted molar refractivity (Wildman–Crippen MR) is 86.2 cm³/mol. The van der Waals surface area contributed by atoms with Crippen LogP contribution >= 0.6 is 23.1 Å². The summed E-state index contributed by atoms with van der Waals surface area (Å²) in [6, 6.07) is 4.47. The Hall–Kier alpha value is -1.60. The summed E-state index contributed by atoms with van der Waals surface area (Å²) in [7, 11) is 0. The molecule has 2 rings (SSSR count). The molecule has 0 fully saturated rings. The molecular weight excluding hydrogens is 309 g/mol. The van der Waals surface area contributed by atoms with Gasteiger partial charge in [-0.1, -0.05) is 0 Å². The van der Waals surface area contributed by atoms with Gasteiger partial charge in [-0.3, -0.25) is 9.69 Å². The number of thiazole rings is 1. The molecule has 0 spiro atoms. The van der Waals surface area contributed by atoms with E-state index in [1.165, 1.54) is 42.2 Å². The zero-order valence-corrected chi connectivity index (χ0v) is 13.4. The highest BCUT2D eigenvalue weighted by molar-refractivity contribution is 7.98. The van der Waals surface area contributed by atoms with Crippen molar-refractivity contribution in [2.75, 3.05) is 17.2 Å². The highest BCUT2D eigenvalue weighted by Gasteiger charge is 2.13. The van der Waals surface area contributed by atoms with Crippen molar-refractivity contribution < 1.29 is 9.18 Å². The van der Waals surface area contributed by atoms with Crippen LogP contribution < -0.4 is 10.6 Å². The average molecular weight is 325 g/mol. The zero-order valence-electron chi connectivity index (χ0n) is 11.8. The maximum Gasteiger partial charge on any atom is 0.225 e. The van der Waals surface area contributed by atoms with Gasteiger partial charge in [0.05, 0.1) is 5.69 Å². The van der Waals surface area contributed by atoms with Gasteiger partial charge in [0.15, 0.2) is 5.13 Å². The van der Waals surface area contributed by atoms with E-state index < -0.39 is 0 Å². The first kappa shape index (κ1) is 15.8. The molecule has 0 aliphatic carbocycles. The number of hydrogen-bond acceptors (Lipinski definition) is 5. The summed E-state index contributed by atoms with van der Waals surface area (Å²) in [6.45, 7) is 4.03. The maximum atomic E-state index is 13.2. The molecular formula is C14H16FN3OS2. The van der Waals surface area contributed by atoms with Crippen LogP contribution in [-0.2, 0) is 10.5 Å². The Labute approximate surface area is 131 Å². The van der Waals surface area contributed by atoms with E-state index >= 15 is 0 Å². The number of rotatable bonds is 5. The van der Waals surface area contributed by atoms with E-state index in [4.69, 9.17) is 5.73 Å². The molecule has 1 heterocycles. The monoisotopic (exact) mass is 325 g/mol. The number of amides is 1. The van der Waals surface area contributed by atoms with Gasteiger partial charge in [-0.2, -0.15) is 0 Å². The van der Waals surface area contributed by atoms with Crippen LogP contribution in [0.2, 0.25) is 0 Å². The van der Waals surface area contributed by atoms with Gasteiger partial charge >= 0.3 is 0 Å².